The Morgan fingerprint density at radius 3 is 2.18 bits per heavy atom. The van der Waals surface area contributed by atoms with E-state index >= 15 is 0 Å². The van der Waals surface area contributed by atoms with E-state index in [-0.39, 0.29) is 18.4 Å². The minimum absolute atomic E-state index is 0.0289. The van der Waals surface area contributed by atoms with E-state index in [2.05, 4.69) is 26.0 Å². The summed E-state index contributed by atoms with van der Waals surface area (Å²) < 4.78 is 16.0. The Morgan fingerprint density at radius 2 is 1.58 bits per heavy atom. The summed E-state index contributed by atoms with van der Waals surface area (Å²) in [6.07, 6.45) is 2.40. The molecular formula is C30H38N2O5S. The number of amides is 2. The van der Waals surface area contributed by atoms with Gasteiger partial charge in [0.05, 0.1) is 27.9 Å². The molecule has 38 heavy (non-hydrogen) atoms. The number of thiophene rings is 1. The molecule has 0 saturated carbocycles. The Labute approximate surface area is 229 Å². The van der Waals surface area contributed by atoms with Gasteiger partial charge in [-0.3, -0.25) is 9.59 Å². The van der Waals surface area contributed by atoms with Gasteiger partial charge >= 0.3 is 0 Å². The highest BCUT2D eigenvalue weighted by molar-refractivity contribution is 7.11. The molecule has 0 radical (unpaired) electrons. The van der Waals surface area contributed by atoms with Crippen molar-refractivity contribution in [2.24, 2.45) is 0 Å². The largest absolute Gasteiger partial charge is 0.497 e. The highest BCUT2D eigenvalue weighted by atomic mass is 32.1. The summed E-state index contributed by atoms with van der Waals surface area (Å²) in [5.74, 6) is 1.79. The zero-order chi connectivity index (χ0) is 27.5. The number of rotatable bonds is 14. The number of ether oxygens (including phenoxy) is 3. The second-order valence-corrected chi connectivity index (χ2v) is 10.4. The number of hydrogen-bond acceptors (Lipinski definition) is 6. The van der Waals surface area contributed by atoms with Gasteiger partial charge in [0.15, 0.2) is 11.5 Å². The first-order valence-corrected chi connectivity index (χ1v) is 13.7. The standard InChI is InChI=1S/C30H38N2O5S/c1-6-7-17-32(30(34)24-10-12-25(35-3)13-11-24)21-29(33)31(20-26-14-8-22(2)38-26)18-16-23-9-15-27(36-4)28(19-23)37-5/h8-15,19H,6-7,16-18,20-21H2,1-5H3. The Bertz CT molecular complexity index is 1190. The van der Waals surface area contributed by atoms with Crippen LogP contribution in [0.5, 0.6) is 17.2 Å². The molecule has 7 nitrogen and oxygen atoms in total. The normalized spacial score (nSPS) is 10.7. The molecule has 0 unspecified atom stereocenters. The van der Waals surface area contributed by atoms with Gasteiger partial charge in [-0.05, 0) is 73.9 Å². The van der Waals surface area contributed by atoms with E-state index in [0.29, 0.717) is 48.9 Å². The van der Waals surface area contributed by atoms with E-state index in [0.717, 1.165) is 23.3 Å². The second kappa shape index (κ2) is 14.4. The van der Waals surface area contributed by atoms with Gasteiger partial charge in [0, 0.05) is 28.4 Å². The van der Waals surface area contributed by atoms with Crippen molar-refractivity contribution >= 4 is 23.2 Å². The predicted molar refractivity (Wildman–Crippen MR) is 152 cm³/mol. The number of aryl methyl sites for hydroxylation is 1. The molecule has 0 saturated heterocycles. The third-order valence-corrected chi connectivity index (χ3v) is 7.33. The molecule has 8 heteroatoms. The number of nitrogens with zero attached hydrogens (tertiary/aromatic N) is 2. The summed E-state index contributed by atoms with van der Waals surface area (Å²) in [7, 11) is 4.81. The lowest BCUT2D eigenvalue weighted by Gasteiger charge is -2.28. The number of carbonyl (C=O) groups is 2. The lowest BCUT2D eigenvalue weighted by Crippen LogP contribution is -2.43. The van der Waals surface area contributed by atoms with Crippen molar-refractivity contribution in [3.8, 4) is 17.2 Å². The van der Waals surface area contributed by atoms with Crippen LogP contribution in [-0.2, 0) is 17.8 Å². The van der Waals surface area contributed by atoms with Gasteiger partial charge < -0.3 is 24.0 Å². The van der Waals surface area contributed by atoms with E-state index in [9.17, 15) is 9.59 Å². The predicted octanol–water partition coefficient (Wildman–Crippen LogP) is 5.60. The maximum Gasteiger partial charge on any atom is 0.254 e. The molecule has 0 aliphatic heterocycles. The van der Waals surface area contributed by atoms with Crippen LogP contribution in [0.3, 0.4) is 0 Å². The Balaban J connectivity index is 1.78. The molecule has 2 aromatic carbocycles. The van der Waals surface area contributed by atoms with Crippen molar-refractivity contribution in [1.29, 1.82) is 0 Å². The average molecular weight is 539 g/mol. The monoisotopic (exact) mass is 538 g/mol. The van der Waals surface area contributed by atoms with Crippen LogP contribution in [0.1, 0.15) is 45.4 Å². The molecule has 0 aliphatic rings. The van der Waals surface area contributed by atoms with Gasteiger partial charge in [-0.15, -0.1) is 11.3 Å². The Kier molecular flexibility index (Phi) is 11.0. The van der Waals surface area contributed by atoms with Gasteiger partial charge in [-0.2, -0.15) is 0 Å². The molecule has 0 N–H and O–H groups in total. The van der Waals surface area contributed by atoms with E-state index in [1.54, 1.807) is 61.8 Å². The maximum absolute atomic E-state index is 13.7. The van der Waals surface area contributed by atoms with Crippen LogP contribution >= 0.6 is 11.3 Å². The van der Waals surface area contributed by atoms with Gasteiger partial charge in [-0.25, -0.2) is 0 Å². The molecule has 0 aliphatic carbocycles. The summed E-state index contributed by atoms with van der Waals surface area (Å²) in [5, 5.41) is 0. The maximum atomic E-state index is 13.7. The molecule has 0 fully saturated rings. The summed E-state index contributed by atoms with van der Waals surface area (Å²) in [6, 6.07) is 17.0. The van der Waals surface area contributed by atoms with E-state index < -0.39 is 0 Å². The molecule has 3 aromatic rings. The minimum Gasteiger partial charge on any atom is -0.497 e. The Hall–Kier alpha value is -3.52. The van der Waals surface area contributed by atoms with Crippen molar-refractivity contribution in [3.05, 3.63) is 75.5 Å². The molecular weight excluding hydrogens is 500 g/mol. The summed E-state index contributed by atoms with van der Waals surface area (Å²) >= 11 is 1.68. The van der Waals surface area contributed by atoms with Crippen LogP contribution in [0.4, 0.5) is 0 Å². The third-order valence-electron chi connectivity index (χ3n) is 6.35. The smallest absolute Gasteiger partial charge is 0.254 e. The number of unbranched alkanes of at least 4 members (excludes halogenated alkanes) is 1. The van der Waals surface area contributed by atoms with Gasteiger partial charge in [-0.1, -0.05) is 19.4 Å². The van der Waals surface area contributed by atoms with Crippen molar-refractivity contribution in [3.63, 3.8) is 0 Å². The highest BCUT2D eigenvalue weighted by Gasteiger charge is 2.23. The molecule has 204 valence electrons. The second-order valence-electron chi connectivity index (χ2n) is 9.08. The third kappa shape index (κ3) is 7.99. The number of hydrogen-bond donors (Lipinski definition) is 0. The van der Waals surface area contributed by atoms with Gasteiger partial charge in [0.25, 0.3) is 5.91 Å². The van der Waals surface area contributed by atoms with Crippen molar-refractivity contribution in [2.75, 3.05) is 41.0 Å². The van der Waals surface area contributed by atoms with Crippen LogP contribution < -0.4 is 14.2 Å². The van der Waals surface area contributed by atoms with Crippen molar-refractivity contribution in [2.45, 2.75) is 39.7 Å². The van der Waals surface area contributed by atoms with Gasteiger partial charge in [0.1, 0.15) is 12.3 Å². The fourth-order valence-corrected chi connectivity index (χ4v) is 5.04. The first-order chi connectivity index (χ1) is 18.4. The summed E-state index contributed by atoms with van der Waals surface area (Å²) in [6.45, 7) is 5.71. The minimum atomic E-state index is -0.152. The summed E-state index contributed by atoms with van der Waals surface area (Å²) in [5.41, 5.74) is 1.58. The topological polar surface area (TPSA) is 68.3 Å². The van der Waals surface area contributed by atoms with E-state index in [1.807, 2.05) is 23.1 Å². The van der Waals surface area contributed by atoms with E-state index in [1.165, 1.54) is 4.88 Å². The molecule has 2 amide bonds. The molecule has 0 bridgehead atoms. The fourth-order valence-electron chi connectivity index (χ4n) is 4.13. The lowest BCUT2D eigenvalue weighted by molar-refractivity contribution is -0.132. The van der Waals surface area contributed by atoms with Crippen LogP contribution in [0, 0.1) is 6.92 Å². The van der Waals surface area contributed by atoms with Crippen LogP contribution in [0.2, 0.25) is 0 Å². The SMILES string of the molecule is CCCCN(CC(=O)N(CCc1ccc(OC)c(OC)c1)Cc1ccc(C)s1)C(=O)c1ccc(OC)cc1. The fraction of sp³-hybridized carbons (Fsp3) is 0.400. The Morgan fingerprint density at radius 1 is 0.842 bits per heavy atom. The van der Waals surface area contributed by atoms with Gasteiger partial charge in [0.2, 0.25) is 5.91 Å². The van der Waals surface area contributed by atoms with E-state index in [4.69, 9.17) is 14.2 Å². The number of benzene rings is 2. The molecule has 1 heterocycles. The first kappa shape index (κ1) is 29.0. The highest BCUT2D eigenvalue weighted by Crippen LogP contribution is 2.28. The van der Waals surface area contributed by atoms with Crippen LogP contribution in [-0.4, -0.2) is 62.6 Å². The zero-order valence-electron chi connectivity index (χ0n) is 23.0. The van der Waals surface area contributed by atoms with Crippen molar-refractivity contribution < 1.29 is 23.8 Å². The molecule has 3 rings (SSSR count). The number of carbonyl (C=O) groups excluding carboxylic acids is 2. The first-order valence-electron chi connectivity index (χ1n) is 12.9. The van der Waals surface area contributed by atoms with Crippen molar-refractivity contribution in [1.82, 2.24) is 9.80 Å². The number of methoxy groups -OCH3 is 3. The molecule has 0 spiro atoms. The molecule has 1 aromatic heterocycles. The average Bonchev–Trinajstić information content (AvgIpc) is 3.36. The molecule has 0 atom stereocenters. The lowest BCUT2D eigenvalue weighted by atomic mass is 10.1. The van der Waals surface area contributed by atoms with Crippen LogP contribution in [0.25, 0.3) is 0 Å². The zero-order valence-corrected chi connectivity index (χ0v) is 23.8. The summed E-state index contributed by atoms with van der Waals surface area (Å²) in [4.78, 5) is 32.9. The van der Waals surface area contributed by atoms with Crippen LogP contribution in [0.15, 0.2) is 54.6 Å². The quantitative estimate of drug-likeness (QED) is 0.267.